The molecule has 2 aliphatic heterocycles. The highest BCUT2D eigenvalue weighted by atomic mass is 19.1. The van der Waals surface area contributed by atoms with E-state index in [0.29, 0.717) is 19.5 Å². The van der Waals surface area contributed by atoms with Crippen LogP contribution in [-0.2, 0) is 16.1 Å². The van der Waals surface area contributed by atoms with Gasteiger partial charge in [-0.2, -0.15) is 0 Å². The molecule has 2 aliphatic rings. The Kier molecular flexibility index (Phi) is 4.32. The molecule has 0 bridgehead atoms. The average molecular weight is 321 g/mol. The molecule has 2 saturated heterocycles. The highest BCUT2D eigenvalue weighted by Gasteiger charge is 2.47. The van der Waals surface area contributed by atoms with Crippen molar-refractivity contribution in [2.45, 2.75) is 44.1 Å². The lowest BCUT2D eigenvalue weighted by Gasteiger charge is -2.35. The number of carbonyl (C=O) groups excluding carboxylic acids is 2. The topological polar surface area (TPSA) is 81.7 Å². The molecule has 3 rings (SSSR count). The third-order valence-electron chi connectivity index (χ3n) is 4.42. The van der Waals surface area contributed by atoms with Gasteiger partial charge in [0, 0.05) is 19.1 Å². The number of piperazine rings is 1. The fourth-order valence-electron chi connectivity index (χ4n) is 3.20. The quantitative estimate of drug-likeness (QED) is 0.715. The molecule has 1 aromatic rings. The second-order valence-electron chi connectivity index (χ2n) is 6.18. The van der Waals surface area contributed by atoms with Crippen molar-refractivity contribution in [3.05, 3.63) is 35.6 Å². The fourth-order valence-corrected chi connectivity index (χ4v) is 3.20. The van der Waals surface area contributed by atoms with Gasteiger partial charge < -0.3 is 20.6 Å². The van der Waals surface area contributed by atoms with Gasteiger partial charge in [0.05, 0.1) is 6.10 Å². The van der Waals surface area contributed by atoms with Crippen molar-refractivity contribution >= 4 is 11.8 Å². The molecular weight excluding hydrogens is 301 g/mol. The van der Waals surface area contributed by atoms with E-state index in [-0.39, 0.29) is 23.7 Å². The molecule has 2 heterocycles. The highest BCUT2D eigenvalue weighted by molar-refractivity contribution is 5.97. The number of fused-ring (bicyclic) bond motifs is 1. The van der Waals surface area contributed by atoms with Gasteiger partial charge in [0.2, 0.25) is 11.8 Å². The van der Waals surface area contributed by atoms with E-state index in [4.69, 9.17) is 0 Å². The van der Waals surface area contributed by atoms with Crippen LogP contribution in [0.3, 0.4) is 0 Å². The molecule has 0 aromatic heterocycles. The number of aliphatic hydroxyl groups excluding tert-OH is 1. The van der Waals surface area contributed by atoms with E-state index < -0.39 is 18.2 Å². The van der Waals surface area contributed by atoms with Crippen LogP contribution in [0.4, 0.5) is 4.39 Å². The first-order chi connectivity index (χ1) is 11.0. The number of nitrogens with one attached hydrogen (secondary N) is 2. The zero-order valence-corrected chi connectivity index (χ0v) is 12.8. The Bertz CT molecular complexity index is 622. The van der Waals surface area contributed by atoms with Crippen molar-refractivity contribution < 1.29 is 19.1 Å². The summed E-state index contributed by atoms with van der Waals surface area (Å²) in [6, 6.07) is 4.90. The summed E-state index contributed by atoms with van der Waals surface area (Å²) in [7, 11) is 0. The normalized spacial score (nSPS) is 28.5. The number of rotatable bonds is 4. The Labute approximate surface area is 133 Å². The third kappa shape index (κ3) is 3.20. The number of aliphatic hydroxyl groups is 1. The summed E-state index contributed by atoms with van der Waals surface area (Å²) in [4.78, 5) is 26.0. The minimum atomic E-state index is -0.924. The zero-order chi connectivity index (χ0) is 16.6. The number of hydrogen-bond donors (Lipinski definition) is 3. The van der Waals surface area contributed by atoms with Gasteiger partial charge in [0.1, 0.15) is 17.9 Å². The van der Waals surface area contributed by atoms with Crippen LogP contribution >= 0.6 is 0 Å². The van der Waals surface area contributed by atoms with Gasteiger partial charge in [-0.05, 0) is 31.0 Å². The second kappa shape index (κ2) is 6.25. The van der Waals surface area contributed by atoms with Gasteiger partial charge in [-0.3, -0.25) is 9.59 Å². The lowest BCUT2D eigenvalue weighted by atomic mass is 10.0. The van der Waals surface area contributed by atoms with E-state index >= 15 is 0 Å². The largest absolute Gasteiger partial charge is 0.391 e. The van der Waals surface area contributed by atoms with Gasteiger partial charge in [0.25, 0.3) is 0 Å². The zero-order valence-electron chi connectivity index (χ0n) is 12.8. The third-order valence-corrected chi connectivity index (χ3v) is 4.42. The molecule has 2 fully saturated rings. The predicted molar refractivity (Wildman–Crippen MR) is 80.8 cm³/mol. The summed E-state index contributed by atoms with van der Waals surface area (Å²) in [5.41, 5.74) is 0.813. The smallest absolute Gasteiger partial charge is 0.248 e. The van der Waals surface area contributed by atoms with Gasteiger partial charge in [-0.1, -0.05) is 12.1 Å². The summed E-state index contributed by atoms with van der Waals surface area (Å²) >= 11 is 0. The summed E-state index contributed by atoms with van der Waals surface area (Å²) in [5.74, 6) is -0.771. The summed E-state index contributed by atoms with van der Waals surface area (Å²) < 4.78 is 13.2. The van der Waals surface area contributed by atoms with E-state index in [0.717, 1.165) is 5.56 Å². The fraction of sp³-hybridized carbons (Fsp3) is 0.500. The van der Waals surface area contributed by atoms with Crippen molar-refractivity contribution in [1.82, 2.24) is 15.5 Å². The van der Waals surface area contributed by atoms with Gasteiger partial charge in [0.15, 0.2) is 0 Å². The number of hydrogen-bond acceptors (Lipinski definition) is 4. The first-order valence-electron chi connectivity index (χ1n) is 7.72. The Hall–Kier alpha value is -1.99. The Morgan fingerprint density at radius 1 is 1.48 bits per heavy atom. The van der Waals surface area contributed by atoms with Gasteiger partial charge >= 0.3 is 0 Å². The SMILES string of the molecule is C[C@@H](O)[C@@H]1NC(=O)[C@@H]2C[C@H](NCc3cccc(F)c3)CN2C1=O. The summed E-state index contributed by atoms with van der Waals surface area (Å²) in [6.45, 7) is 2.37. The Balaban J connectivity index is 1.63. The Morgan fingerprint density at radius 3 is 2.96 bits per heavy atom. The molecule has 0 unspecified atom stereocenters. The van der Waals surface area contributed by atoms with Crippen LogP contribution in [0, 0.1) is 5.82 Å². The van der Waals surface area contributed by atoms with Gasteiger partial charge in [-0.15, -0.1) is 0 Å². The molecule has 124 valence electrons. The van der Waals surface area contributed by atoms with Crippen LogP contribution in [0.15, 0.2) is 24.3 Å². The van der Waals surface area contributed by atoms with Crippen LogP contribution in [0.2, 0.25) is 0 Å². The lowest BCUT2D eigenvalue weighted by Crippen LogP contribution is -2.64. The molecule has 2 amide bonds. The van der Waals surface area contributed by atoms with E-state index in [1.807, 2.05) is 6.07 Å². The van der Waals surface area contributed by atoms with Crippen LogP contribution < -0.4 is 10.6 Å². The maximum Gasteiger partial charge on any atom is 0.248 e. The van der Waals surface area contributed by atoms with Gasteiger partial charge in [-0.25, -0.2) is 4.39 Å². The van der Waals surface area contributed by atoms with Crippen LogP contribution in [-0.4, -0.2) is 52.6 Å². The molecule has 3 N–H and O–H groups in total. The minimum absolute atomic E-state index is 0.0364. The summed E-state index contributed by atoms with van der Waals surface area (Å²) in [6.07, 6.45) is -0.411. The molecule has 0 aliphatic carbocycles. The number of nitrogens with zero attached hydrogens (tertiary/aromatic N) is 1. The molecule has 6 nitrogen and oxygen atoms in total. The maximum absolute atomic E-state index is 13.2. The number of amides is 2. The van der Waals surface area contributed by atoms with E-state index in [9.17, 15) is 19.1 Å². The van der Waals surface area contributed by atoms with Crippen molar-refractivity contribution in [3.8, 4) is 0 Å². The standard InChI is InChI=1S/C16H20FN3O3/c1-9(21)14-16(23)20-8-12(6-13(20)15(22)19-14)18-7-10-3-2-4-11(17)5-10/h2-5,9,12-14,18,21H,6-8H2,1H3,(H,19,22)/t9-,12+,13+,14+/m1/s1. The molecule has 0 spiro atoms. The van der Waals surface area contributed by atoms with Crippen LogP contribution in [0.1, 0.15) is 18.9 Å². The second-order valence-corrected chi connectivity index (χ2v) is 6.18. The predicted octanol–water partition coefficient (Wildman–Crippen LogP) is -0.236. The molecule has 1 aromatic carbocycles. The lowest BCUT2D eigenvalue weighted by molar-refractivity contribution is -0.149. The Morgan fingerprint density at radius 2 is 2.26 bits per heavy atom. The van der Waals surface area contributed by atoms with E-state index in [2.05, 4.69) is 10.6 Å². The van der Waals surface area contributed by atoms with E-state index in [1.54, 1.807) is 6.07 Å². The average Bonchev–Trinajstić information content (AvgIpc) is 2.94. The molecule has 0 saturated carbocycles. The molecular formula is C16H20FN3O3. The maximum atomic E-state index is 13.2. The van der Waals surface area contributed by atoms with Crippen molar-refractivity contribution in [3.63, 3.8) is 0 Å². The van der Waals surface area contributed by atoms with Crippen molar-refractivity contribution in [1.29, 1.82) is 0 Å². The highest BCUT2D eigenvalue weighted by Crippen LogP contribution is 2.24. The van der Waals surface area contributed by atoms with E-state index in [1.165, 1.54) is 24.0 Å². The number of carbonyl (C=O) groups is 2. The van der Waals surface area contributed by atoms with Crippen molar-refractivity contribution in [2.75, 3.05) is 6.54 Å². The van der Waals surface area contributed by atoms with Crippen LogP contribution in [0.25, 0.3) is 0 Å². The molecule has 4 atom stereocenters. The molecule has 7 heteroatoms. The number of benzene rings is 1. The van der Waals surface area contributed by atoms with Crippen molar-refractivity contribution in [2.24, 2.45) is 0 Å². The number of halogens is 1. The summed E-state index contributed by atoms with van der Waals surface area (Å²) in [5, 5.41) is 15.5. The molecule has 0 radical (unpaired) electrons. The minimum Gasteiger partial charge on any atom is -0.391 e. The first kappa shape index (κ1) is 15.9. The molecule has 23 heavy (non-hydrogen) atoms. The first-order valence-corrected chi connectivity index (χ1v) is 7.72. The monoisotopic (exact) mass is 321 g/mol. The van der Waals surface area contributed by atoms with Crippen LogP contribution in [0.5, 0.6) is 0 Å².